The number of hydrogen-bond donors (Lipinski definition) is 2. The van der Waals surface area contributed by atoms with Crippen molar-refractivity contribution in [3.63, 3.8) is 0 Å². The Bertz CT molecular complexity index is 337. The van der Waals surface area contributed by atoms with Crippen LogP contribution in [0.2, 0.25) is 0 Å². The minimum absolute atomic E-state index is 0.636. The minimum Gasteiger partial charge on any atom is -0.481 e. The number of aromatic nitrogens is 1. The number of H-pyrrole nitrogens is 1. The Balaban J connectivity index is 2.36. The molecule has 0 aliphatic carbocycles. The molecular weight excluding hydrogens is 190 g/mol. The fourth-order valence-corrected chi connectivity index (χ4v) is 1.21. The number of allylic oxidation sites excluding steroid dienone is 1. The van der Waals surface area contributed by atoms with Crippen LogP contribution in [0.3, 0.4) is 0 Å². The Morgan fingerprint density at radius 3 is 2.87 bits per heavy atom. The van der Waals surface area contributed by atoms with Gasteiger partial charge in [0.2, 0.25) is 0 Å². The topological polar surface area (TPSA) is 53.1 Å². The fraction of sp³-hybridized carbons (Fsp3) is 0.417. The number of aliphatic carboxylic acids is 1. The number of carbonyl (C=O) groups is 1. The monoisotopic (exact) mass is 207 g/mol. The van der Waals surface area contributed by atoms with Crippen LogP contribution in [0.15, 0.2) is 24.5 Å². The SMILES string of the molecule is CC(C)(CC/C=C/c1cc[nH]c1)C(=O)O. The summed E-state index contributed by atoms with van der Waals surface area (Å²) < 4.78 is 0. The third-order valence-electron chi connectivity index (χ3n) is 2.45. The van der Waals surface area contributed by atoms with Gasteiger partial charge in [0.05, 0.1) is 5.41 Å². The summed E-state index contributed by atoms with van der Waals surface area (Å²) in [5.41, 5.74) is 0.478. The maximum Gasteiger partial charge on any atom is 0.309 e. The number of carboxylic acid groups (broad SMARTS) is 1. The number of carboxylic acids is 1. The Morgan fingerprint density at radius 1 is 1.60 bits per heavy atom. The van der Waals surface area contributed by atoms with E-state index < -0.39 is 11.4 Å². The molecule has 3 heteroatoms. The second-order valence-corrected chi connectivity index (χ2v) is 4.27. The first-order valence-electron chi connectivity index (χ1n) is 5.05. The fourth-order valence-electron chi connectivity index (χ4n) is 1.21. The van der Waals surface area contributed by atoms with Crippen LogP contribution in [0.5, 0.6) is 0 Å². The summed E-state index contributed by atoms with van der Waals surface area (Å²) in [5, 5.41) is 8.90. The highest BCUT2D eigenvalue weighted by Gasteiger charge is 2.25. The van der Waals surface area contributed by atoms with Crippen molar-refractivity contribution in [2.75, 3.05) is 0 Å². The van der Waals surface area contributed by atoms with Gasteiger partial charge in [-0.05, 0) is 38.3 Å². The molecule has 15 heavy (non-hydrogen) atoms. The average Bonchev–Trinajstić information content (AvgIpc) is 2.64. The van der Waals surface area contributed by atoms with Crippen LogP contribution in [0.4, 0.5) is 0 Å². The maximum absolute atomic E-state index is 10.8. The Kier molecular flexibility index (Phi) is 3.72. The van der Waals surface area contributed by atoms with Crippen molar-refractivity contribution in [1.29, 1.82) is 0 Å². The van der Waals surface area contributed by atoms with Gasteiger partial charge >= 0.3 is 5.97 Å². The molecule has 0 aliphatic heterocycles. The van der Waals surface area contributed by atoms with Crippen molar-refractivity contribution >= 4 is 12.0 Å². The zero-order chi connectivity index (χ0) is 11.3. The van der Waals surface area contributed by atoms with E-state index in [-0.39, 0.29) is 0 Å². The van der Waals surface area contributed by atoms with Crippen LogP contribution >= 0.6 is 0 Å². The van der Waals surface area contributed by atoms with Crippen LogP contribution in [0.25, 0.3) is 6.08 Å². The molecule has 0 unspecified atom stereocenters. The first kappa shape index (κ1) is 11.6. The van der Waals surface area contributed by atoms with E-state index in [2.05, 4.69) is 4.98 Å². The molecule has 0 atom stereocenters. The molecule has 0 fully saturated rings. The number of nitrogens with one attached hydrogen (secondary N) is 1. The standard InChI is InChI=1S/C12H17NO2/c1-12(2,11(14)15)7-4-3-5-10-6-8-13-9-10/h3,5-6,8-9,13H,4,7H2,1-2H3,(H,14,15)/b5-3+. The van der Waals surface area contributed by atoms with E-state index in [4.69, 9.17) is 5.11 Å². The molecule has 0 spiro atoms. The van der Waals surface area contributed by atoms with Crippen molar-refractivity contribution in [2.45, 2.75) is 26.7 Å². The van der Waals surface area contributed by atoms with E-state index in [1.54, 1.807) is 13.8 Å². The Labute approximate surface area is 89.8 Å². The highest BCUT2D eigenvalue weighted by atomic mass is 16.4. The molecule has 3 nitrogen and oxygen atoms in total. The van der Waals surface area contributed by atoms with Crippen molar-refractivity contribution in [1.82, 2.24) is 4.98 Å². The first-order chi connectivity index (χ1) is 7.02. The van der Waals surface area contributed by atoms with Crippen molar-refractivity contribution < 1.29 is 9.90 Å². The summed E-state index contributed by atoms with van der Waals surface area (Å²) in [6.07, 6.45) is 9.20. The van der Waals surface area contributed by atoms with Crippen LogP contribution in [-0.2, 0) is 4.79 Å². The molecule has 1 heterocycles. The van der Waals surface area contributed by atoms with Crippen LogP contribution < -0.4 is 0 Å². The lowest BCUT2D eigenvalue weighted by Gasteiger charge is -2.17. The van der Waals surface area contributed by atoms with E-state index in [0.717, 1.165) is 12.0 Å². The van der Waals surface area contributed by atoms with E-state index >= 15 is 0 Å². The van der Waals surface area contributed by atoms with Gasteiger partial charge in [0.25, 0.3) is 0 Å². The van der Waals surface area contributed by atoms with E-state index in [1.807, 2.05) is 30.6 Å². The quantitative estimate of drug-likeness (QED) is 0.780. The number of rotatable bonds is 5. The smallest absolute Gasteiger partial charge is 0.309 e. The molecule has 82 valence electrons. The summed E-state index contributed by atoms with van der Waals surface area (Å²) in [5.74, 6) is -0.738. The summed E-state index contributed by atoms with van der Waals surface area (Å²) in [7, 11) is 0. The normalized spacial score (nSPS) is 12.1. The van der Waals surface area contributed by atoms with E-state index in [0.29, 0.717) is 6.42 Å². The molecule has 1 rings (SSSR count). The lowest BCUT2D eigenvalue weighted by molar-refractivity contribution is -0.147. The third kappa shape index (κ3) is 3.62. The van der Waals surface area contributed by atoms with Crippen LogP contribution in [0, 0.1) is 5.41 Å². The molecule has 2 N–H and O–H groups in total. The molecule has 0 bridgehead atoms. The van der Waals surface area contributed by atoms with E-state index in [9.17, 15) is 4.79 Å². The van der Waals surface area contributed by atoms with Gasteiger partial charge in [0, 0.05) is 12.4 Å². The summed E-state index contributed by atoms with van der Waals surface area (Å²) in [6, 6.07) is 1.97. The third-order valence-corrected chi connectivity index (χ3v) is 2.45. The molecule has 0 amide bonds. The van der Waals surface area contributed by atoms with E-state index in [1.165, 1.54) is 0 Å². The van der Waals surface area contributed by atoms with Gasteiger partial charge < -0.3 is 10.1 Å². The molecule has 0 aliphatic rings. The lowest BCUT2D eigenvalue weighted by Crippen LogP contribution is -2.22. The molecule has 0 saturated carbocycles. The molecule has 0 saturated heterocycles. The van der Waals surface area contributed by atoms with Gasteiger partial charge in [-0.25, -0.2) is 0 Å². The second kappa shape index (κ2) is 4.82. The largest absolute Gasteiger partial charge is 0.481 e. The van der Waals surface area contributed by atoms with Crippen LogP contribution in [0.1, 0.15) is 32.3 Å². The average molecular weight is 207 g/mol. The predicted molar refractivity (Wildman–Crippen MR) is 60.5 cm³/mol. The molecule has 0 radical (unpaired) electrons. The summed E-state index contributed by atoms with van der Waals surface area (Å²) in [6.45, 7) is 3.50. The minimum atomic E-state index is -0.738. The number of aromatic amines is 1. The van der Waals surface area contributed by atoms with Gasteiger partial charge in [-0.2, -0.15) is 0 Å². The molecule has 0 aromatic carbocycles. The van der Waals surface area contributed by atoms with Gasteiger partial charge in [-0.15, -0.1) is 0 Å². The van der Waals surface area contributed by atoms with Crippen molar-refractivity contribution in [3.05, 3.63) is 30.1 Å². The first-order valence-corrected chi connectivity index (χ1v) is 5.05. The van der Waals surface area contributed by atoms with Gasteiger partial charge in [0.15, 0.2) is 0 Å². The molecule has 1 aromatic heterocycles. The Morgan fingerprint density at radius 2 is 2.33 bits per heavy atom. The molecule has 1 aromatic rings. The van der Waals surface area contributed by atoms with Gasteiger partial charge in [-0.1, -0.05) is 12.2 Å². The number of hydrogen-bond acceptors (Lipinski definition) is 1. The van der Waals surface area contributed by atoms with Crippen LogP contribution in [-0.4, -0.2) is 16.1 Å². The lowest BCUT2D eigenvalue weighted by atomic mass is 9.88. The zero-order valence-corrected chi connectivity index (χ0v) is 9.16. The maximum atomic E-state index is 10.8. The Hall–Kier alpha value is -1.51. The second-order valence-electron chi connectivity index (χ2n) is 4.27. The van der Waals surface area contributed by atoms with Gasteiger partial charge in [0.1, 0.15) is 0 Å². The zero-order valence-electron chi connectivity index (χ0n) is 9.16. The summed E-state index contributed by atoms with van der Waals surface area (Å²) in [4.78, 5) is 13.8. The highest BCUT2D eigenvalue weighted by Crippen LogP contribution is 2.22. The summed E-state index contributed by atoms with van der Waals surface area (Å²) >= 11 is 0. The predicted octanol–water partition coefficient (Wildman–Crippen LogP) is 2.92. The van der Waals surface area contributed by atoms with Crippen molar-refractivity contribution in [2.24, 2.45) is 5.41 Å². The highest BCUT2D eigenvalue weighted by molar-refractivity contribution is 5.73. The van der Waals surface area contributed by atoms with Gasteiger partial charge in [-0.3, -0.25) is 4.79 Å². The molecular formula is C12H17NO2. The van der Waals surface area contributed by atoms with Crippen molar-refractivity contribution in [3.8, 4) is 0 Å².